The second kappa shape index (κ2) is 2.67. The normalized spacial score (nSPS) is 14.9. The molecule has 0 aromatic rings. The van der Waals surface area contributed by atoms with Crippen LogP contribution < -0.4 is 0 Å². The first kappa shape index (κ1) is 8.22. The first-order valence-corrected chi connectivity index (χ1v) is 3.80. The molecule has 0 aromatic heterocycles. The van der Waals surface area contributed by atoms with Crippen LogP contribution in [-0.2, 0) is 0 Å². The molecule has 1 nitrogen and oxygen atoms in total. The van der Waals surface area contributed by atoms with Gasteiger partial charge in [0.2, 0.25) is 0 Å². The van der Waals surface area contributed by atoms with E-state index >= 15 is 0 Å². The van der Waals surface area contributed by atoms with Gasteiger partial charge in [0.25, 0.3) is 0 Å². The SMILES string of the molecule is CC(I)C(C)(C)C#N. The van der Waals surface area contributed by atoms with Gasteiger partial charge in [0, 0.05) is 3.92 Å². The largest absolute Gasteiger partial charge is 0.198 e. The Morgan fingerprint density at radius 3 is 2.00 bits per heavy atom. The molecular weight excluding hydrogens is 213 g/mol. The van der Waals surface area contributed by atoms with E-state index in [1.54, 1.807) is 0 Å². The summed E-state index contributed by atoms with van der Waals surface area (Å²) in [4.78, 5) is 0. The van der Waals surface area contributed by atoms with Crippen molar-refractivity contribution < 1.29 is 0 Å². The van der Waals surface area contributed by atoms with Crippen LogP contribution in [0, 0.1) is 16.7 Å². The molecular formula is C6H10IN. The molecule has 0 aliphatic rings. The number of hydrogen-bond acceptors (Lipinski definition) is 1. The van der Waals surface area contributed by atoms with Crippen molar-refractivity contribution in [1.29, 1.82) is 5.26 Å². The maximum absolute atomic E-state index is 8.51. The Bertz CT molecular complexity index is 110. The lowest BCUT2D eigenvalue weighted by atomic mass is 9.93. The van der Waals surface area contributed by atoms with E-state index in [0.717, 1.165) is 0 Å². The zero-order valence-electron chi connectivity index (χ0n) is 5.40. The van der Waals surface area contributed by atoms with E-state index in [9.17, 15) is 0 Å². The lowest BCUT2D eigenvalue weighted by molar-refractivity contribution is 0.506. The molecule has 0 radical (unpaired) electrons. The van der Waals surface area contributed by atoms with Gasteiger partial charge in [-0.1, -0.05) is 29.5 Å². The molecule has 0 rings (SSSR count). The molecule has 2 heteroatoms. The van der Waals surface area contributed by atoms with Crippen molar-refractivity contribution in [3.63, 3.8) is 0 Å². The highest BCUT2D eigenvalue weighted by Gasteiger charge is 2.22. The van der Waals surface area contributed by atoms with E-state index in [1.807, 2.05) is 20.8 Å². The molecule has 0 heterocycles. The van der Waals surface area contributed by atoms with Crippen LogP contribution in [0.1, 0.15) is 20.8 Å². The second-order valence-corrected chi connectivity index (χ2v) is 4.32. The third-order valence-corrected chi connectivity index (χ3v) is 2.84. The summed E-state index contributed by atoms with van der Waals surface area (Å²) >= 11 is 2.26. The molecule has 0 spiro atoms. The molecule has 0 saturated carbocycles. The van der Waals surface area contributed by atoms with E-state index in [4.69, 9.17) is 5.26 Å². The summed E-state index contributed by atoms with van der Waals surface area (Å²) in [6, 6.07) is 2.23. The van der Waals surface area contributed by atoms with Gasteiger partial charge in [0.1, 0.15) is 0 Å². The maximum Gasteiger partial charge on any atom is 0.0694 e. The molecule has 0 amide bonds. The number of nitriles is 1. The highest BCUT2D eigenvalue weighted by molar-refractivity contribution is 14.1. The summed E-state index contributed by atoms with van der Waals surface area (Å²) in [6.07, 6.45) is 0. The predicted octanol–water partition coefficient (Wildman–Crippen LogP) is 2.36. The Balaban J connectivity index is 3.97. The molecule has 46 valence electrons. The monoisotopic (exact) mass is 223 g/mol. The Morgan fingerprint density at radius 2 is 2.00 bits per heavy atom. The molecule has 8 heavy (non-hydrogen) atoms. The molecule has 1 atom stereocenters. The Hall–Kier alpha value is 0.220. The van der Waals surface area contributed by atoms with Crippen LogP contribution in [0.25, 0.3) is 0 Å². The molecule has 0 aromatic carbocycles. The second-order valence-electron chi connectivity index (χ2n) is 2.45. The van der Waals surface area contributed by atoms with Crippen molar-refractivity contribution >= 4 is 22.6 Å². The number of halogens is 1. The minimum atomic E-state index is -0.166. The van der Waals surface area contributed by atoms with Crippen LogP contribution in [0.15, 0.2) is 0 Å². The average molecular weight is 223 g/mol. The third kappa shape index (κ3) is 1.99. The minimum Gasteiger partial charge on any atom is -0.198 e. The Morgan fingerprint density at radius 1 is 1.62 bits per heavy atom. The van der Waals surface area contributed by atoms with E-state index in [-0.39, 0.29) is 5.41 Å². The van der Waals surface area contributed by atoms with Crippen molar-refractivity contribution in [2.45, 2.75) is 24.7 Å². The zero-order chi connectivity index (χ0) is 6.78. The molecule has 0 aliphatic heterocycles. The minimum absolute atomic E-state index is 0.166. The molecule has 0 bridgehead atoms. The van der Waals surface area contributed by atoms with Crippen molar-refractivity contribution in [3.05, 3.63) is 0 Å². The number of hydrogen-bond donors (Lipinski definition) is 0. The van der Waals surface area contributed by atoms with E-state index in [1.165, 1.54) is 0 Å². The van der Waals surface area contributed by atoms with E-state index in [2.05, 4.69) is 28.7 Å². The first-order chi connectivity index (χ1) is 3.50. The summed E-state index contributed by atoms with van der Waals surface area (Å²) in [5, 5.41) is 8.51. The molecule has 0 fully saturated rings. The van der Waals surface area contributed by atoms with Crippen molar-refractivity contribution in [3.8, 4) is 6.07 Å². The average Bonchev–Trinajstić information content (AvgIpc) is 1.67. The molecule has 1 unspecified atom stereocenters. The van der Waals surface area contributed by atoms with Gasteiger partial charge in [-0.3, -0.25) is 0 Å². The van der Waals surface area contributed by atoms with Gasteiger partial charge >= 0.3 is 0 Å². The van der Waals surface area contributed by atoms with Crippen LogP contribution in [-0.4, -0.2) is 3.92 Å². The van der Waals surface area contributed by atoms with Crippen molar-refractivity contribution in [2.75, 3.05) is 0 Å². The summed E-state index contributed by atoms with van der Waals surface area (Å²) < 4.78 is 0.421. The van der Waals surface area contributed by atoms with E-state index in [0.29, 0.717) is 3.92 Å². The van der Waals surface area contributed by atoms with Gasteiger partial charge in [0.05, 0.1) is 11.5 Å². The topological polar surface area (TPSA) is 23.8 Å². The molecule has 0 saturated heterocycles. The van der Waals surface area contributed by atoms with Gasteiger partial charge in [0.15, 0.2) is 0 Å². The van der Waals surface area contributed by atoms with Crippen LogP contribution >= 0.6 is 22.6 Å². The quantitative estimate of drug-likeness (QED) is 0.494. The zero-order valence-corrected chi connectivity index (χ0v) is 7.56. The Kier molecular flexibility index (Phi) is 2.75. The highest BCUT2D eigenvalue weighted by Crippen LogP contribution is 2.25. The Labute approximate surface area is 64.2 Å². The van der Waals surface area contributed by atoms with Gasteiger partial charge < -0.3 is 0 Å². The standard InChI is InChI=1S/C6H10IN/c1-5(7)6(2,3)4-8/h5H,1-3H3. The lowest BCUT2D eigenvalue weighted by Gasteiger charge is -2.17. The van der Waals surface area contributed by atoms with Crippen molar-refractivity contribution in [1.82, 2.24) is 0 Å². The summed E-state index contributed by atoms with van der Waals surface area (Å²) in [5.74, 6) is 0. The van der Waals surface area contributed by atoms with Crippen LogP contribution in [0.2, 0.25) is 0 Å². The predicted molar refractivity (Wildman–Crippen MR) is 42.9 cm³/mol. The highest BCUT2D eigenvalue weighted by atomic mass is 127. The first-order valence-electron chi connectivity index (χ1n) is 2.56. The van der Waals surface area contributed by atoms with Gasteiger partial charge in [-0.25, -0.2) is 0 Å². The molecule has 0 N–H and O–H groups in total. The van der Waals surface area contributed by atoms with Crippen LogP contribution in [0.4, 0.5) is 0 Å². The van der Waals surface area contributed by atoms with Crippen molar-refractivity contribution in [2.24, 2.45) is 5.41 Å². The summed E-state index contributed by atoms with van der Waals surface area (Å²) in [7, 11) is 0. The molecule has 0 aliphatic carbocycles. The lowest BCUT2D eigenvalue weighted by Crippen LogP contribution is -2.18. The number of alkyl halides is 1. The smallest absolute Gasteiger partial charge is 0.0694 e. The van der Waals surface area contributed by atoms with Crippen LogP contribution in [0.5, 0.6) is 0 Å². The van der Waals surface area contributed by atoms with E-state index < -0.39 is 0 Å². The fourth-order valence-corrected chi connectivity index (χ4v) is 0.228. The maximum atomic E-state index is 8.51. The third-order valence-electron chi connectivity index (χ3n) is 1.28. The van der Waals surface area contributed by atoms with Crippen LogP contribution in [0.3, 0.4) is 0 Å². The van der Waals surface area contributed by atoms with Gasteiger partial charge in [-0.2, -0.15) is 5.26 Å². The van der Waals surface area contributed by atoms with Gasteiger partial charge in [-0.05, 0) is 13.8 Å². The van der Waals surface area contributed by atoms with Gasteiger partial charge in [-0.15, -0.1) is 0 Å². The summed E-state index contributed by atoms with van der Waals surface area (Å²) in [6.45, 7) is 5.94. The number of rotatable bonds is 1. The fraction of sp³-hybridized carbons (Fsp3) is 0.833. The fourth-order valence-electron chi connectivity index (χ4n) is 0.0889. The number of nitrogens with zero attached hydrogens (tertiary/aromatic N) is 1. The summed E-state index contributed by atoms with van der Waals surface area (Å²) in [5.41, 5.74) is -0.166.